The molecule has 0 bridgehead atoms. The number of imidazole rings is 1. The molecule has 0 saturated carbocycles. The molecular formula is C11H11N5. The topological polar surface area (TPSA) is 80.5 Å². The van der Waals surface area contributed by atoms with E-state index >= 15 is 0 Å². The van der Waals surface area contributed by atoms with Gasteiger partial charge in [0.05, 0.1) is 11.3 Å². The maximum absolute atomic E-state index is 8.72. The molecule has 0 radical (unpaired) electrons. The van der Waals surface area contributed by atoms with E-state index in [0.717, 1.165) is 12.2 Å². The minimum absolute atomic E-state index is 0.458. The monoisotopic (exact) mass is 213 g/mol. The lowest BCUT2D eigenvalue weighted by Gasteiger charge is -2.08. The van der Waals surface area contributed by atoms with Gasteiger partial charge >= 0.3 is 0 Å². The van der Waals surface area contributed by atoms with Crippen molar-refractivity contribution in [3.05, 3.63) is 36.0 Å². The van der Waals surface area contributed by atoms with Crippen LogP contribution in [0.25, 0.3) is 5.82 Å². The minimum Gasteiger partial charge on any atom is -0.396 e. The Morgan fingerprint density at radius 2 is 2.31 bits per heavy atom. The Hall–Kier alpha value is -2.35. The SMILES string of the molecule is CCc1nccn1-c1ncc(C#N)cc1N. The van der Waals surface area contributed by atoms with Crippen molar-refractivity contribution in [2.75, 3.05) is 5.73 Å². The Kier molecular flexibility index (Phi) is 2.56. The Bertz CT molecular complexity index is 550. The molecule has 0 saturated heterocycles. The van der Waals surface area contributed by atoms with E-state index in [4.69, 9.17) is 11.0 Å². The molecule has 0 amide bonds. The molecule has 2 aromatic rings. The van der Waals surface area contributed by atoms with Gasteiger partial charge in [0.1, 0.15) is 11.9 Å². The average Bonchev–Trinajstić information content (AvgIpc) is 2.76. The number of anilines is 1. The number of hydrogen-bond acceptors (Lipinski definition) is 4. The third-order valence-corrected chi connectivity index (χ3v) is 2.29. The number of aromatic nitrogens is 3. The van der Waals surface area contributed by atoms with Crippen LogP contribution in [0, 0.1) is 11.3 Å². The number of hydrogen-bond donors (Lipinski definition) is 1. The van der Waals surface area contributed by atoms with Gasteiger partial charge in [-0.25, -0.2) is 9.97 Å². The first-order chi connectivity index (χ1) is 7.76. The van der Waals surface area contributed by atoms with Crippen LogP contribution < -0.4 is 5.73 Å². The number of nitrogen functional groups attached to an aromatic ring is 1. The van der Waals surface area contributed by atoms with Gasteiger partial charge in [0.15, 0.2) is 5.82 Å². The second kappa shape index (κ2) is 4.03. The van der Waals surface area contributed by atoms with E-state index in [1.54, 1.807) is 12.3 Å². The average molecular weight is 213 g/mol. The number of nitriles is 1. The van der Waals surface area contributed by atoms with Crippen molar-refractivity contribution < 1.29 is 0 Å². The molecule has 5 nitrogen and oxygen atoms in total. The fraction of sp³-hybridized carbons (Fsp3) is 0.182. The second-order valence-corrected chi connectivity index (χ2v) is 3.32. The van der Waals surface area contributed by atoms with Crippen molar-refractivity contribution in [2.24, 2.45) is 0 Å². The fourth-order valence-electron chi connectivity index (χ4n) is 1.53. The van der Waals surface area contributed by atoms with Crippen LogP contribution in [0.5, 0.6) is 0 Å². The van der Waals surface area contributed by atoms with Crippen LogP contribution in [0.2, 0.25) is 0 Å². The van der Waals surface area contributed by atoms with Crippen molar-refractivity contribution in [3.63, 3.8) is 0 Å². The Morgan fingerprint density at radius 3 is 2.94 bits per heavy atom. The summed E-state index contributed by atoms with van der Waals surface area (Å²) in [5.74, 6) is 1.51. The van der Waals surface area contributed by atoms with E-state index in [1.165, 1.54) is 6.20 Å². The fourth-order valence-corrected chi connectivity index (χ4v) is 1.53. The number of pyridine rings is 1. The van der Waals surface area contributed by atoms with Crippen LogP contribution >= 0.6 is 0 Å². The lowest BCUT2D eigenvalue weighted by atomic mass is 10.2. The zero-order valence-electron chi connectivity index (χ0n) is 8.88. The quantitative estimate of drug-likeness (QED) is 0.814. The normalized spacial score (nSPS) is 10.0. The van der Waals surface area contributed by atoms with Gasteiger partial charge in [-0.3, -0.25) is 4.57 Å². The summed E-state index contributed by atoms with van der Waals surface area (Å²) in [5.41, 5.74) is 6.79. The van der Waals surface area contributed by atoms with E-state index in [9.17, 15) is 0 Å². The molecule has 2 aromatic heterocycles. The molecule has 5 heteroatoms. The molecule has 0 aliphatic rings. The summed E-state index contributed by atoms with van der Waals surface area (Å²) in [4.78, 5) is 8.37. The highest BCUT2D eigenvalue weighted by Gasteiger charge is 2.08. The number of aryl methyl sites for hydroxylation is 1. The van der Waals surface area contributed by atoms with Gasteiger partial charge in [0.25, 0.3) is 0 Å². The Labute approximate surface area is 93.2 Å². The highest BCUT2D eigenvalue weighted by atomic mass is 15.1. The summed E-state index contributed by atoms with van der Waals surface area (Å²) in [6.07, 6.45) is 5.82. The molecular weight excluding hydrogens is 202 g/mol. The largest absolute Gasteiger partial charge is 0.396 e. The lowest BCUT2D eigenvalue weighted by molar-refractivity contribution is 0.869. The summed E-state index contributed by atoms with van der Waals surface area (Å²) in [6.45, 7) is 2.01. The predicted octanol–water partition coefficient (Wildman–Crippen LogP) is 1.28. The number of nitrogens with two attached hydrogens (primary N) is 1. The summed E-state index contributed by atoms with van der Waals surface area (Å²) in [5, 5.41) is 8.72. The van der Waals surface area contributed by atoms with Crippen LogP contribution in [-0.2, 0) is 6.42 Å². The maximum Gasteiger partial charge on any atom is 0.161 e. The van der Waals surface area contributed by atoms with Gasteiger partial charge in [0, 0.05) is 25.0 Å². The lowest BCUT2D eigenvalue weighted by Crippen LogP contribution is -2.05. The Morgan fingerprint density at radius 1 is 1.50 bits per heavy atom. The highest BCUT2D eigenvalue weighted by molar-refractivity contribution is 5.56. The third-order valence-electron chi connectivity index (χ3n) is 2.29. The maximum atomic E-state index is 8.72. The molecule has 2 N–H and O–H groups in total. The van der Waals surface area contributed by atoms with Crippen molar-refractivity contribution >= 4 is 5.69 Å². The number of nitrogens with zero attached hydrogens (tertiary/aromatic N) is 4. The first kappa shape index (κ1) is 10.2. The van der Waals surface area contributed by atoms with E-state index in [0.29, 0.717) is 17.1 Å². The van der Waals surface area contributed by atoms with E-state index < -0.39 is 0 Å². The predicted molar refractivity (Wildman–Crippen MR) is 59.9 cm³/mol. The van der Waals surface area contributed by atoms with Gasteiger partial charge in [-0.1, -0.05) is 6.92 Å². The number of rotatable bonds is 2. The van der Waals surface area contributed by atoms with E-state index in [-0.39, 0.29) is 0 Å². The van der Waals surface area contributed by atoms with Gasteiger partial charge in [0.2, 0.25) is 0 Å². The molecule has 0 spiro atoms. The molecule has 0 aromatic carbocycles. The molecule has 0 fully saturated rings. The van der Waals surface area contributed by atoms with Gasteiger partial charge in [-0.2, -0.15) is 5.26 Å². The first-order valence-corrected chi connectivity index (χ1v) is 4.94. The molecule has 0 aliphatic carbocycles. The summed E-state index contributed by atoms with van der Waals surface area (Å²) >= 11 is 0. The smallest absolute Gasteiger partial charge is 0.161 e. The molecule has 2 heterocycles. The first-order valence-electron chi connectivity index (χ1n) is 4.94. The van der Waals surface area contributed by atoms with Gasteiger partial charge in [-0.05, 0) is 6.07 Å². The standard InChI is InChI=1S/C11H11N5/c1-2-10-14-3-4-16(10)11-9(13)5-8(6-12)7-15-11/h3-5,7H,2,13H2,1H3. The molecule has 80 valence electrons. The summed E-state index contributed by atoms with van der Waals surface area (Å²) in [6, 6.07) is 3.61. The summed E-state index contributed by atoms with van der Waals surface area (Å²) < 4.78 is 1.83. The van der Waals surface area contributed by atoms with Gasteiger partial charge in [-0.15, -0.1) is 0 Å². The highest BCUT2D eigenvalue weighted by Crippen LogP contribution is 2.17. The summed E-state index contributed by atoms with van der Waals surface area (Å²) in [7, 11) is 0. The van der Waals surface area contributed by atoms with Crippen molar-refractivity contribution in [2.45, 2.75) is 13.3 Å². The minimum atomic E-state index is 0.458. The van der Waals surface area contributed by atoms with E-state index in [1.807, 2.05) is 23.8 Å². The zero-order chi connectivity index (χ0) is 11.5. The van der Waals surface area contributed by atoms with Crippen molar-refractivity contribution in [1.29, 1.82) is 5.26 Å². The van der Waals surface area contributed by atoms with E-state index in [2.05, 4.69) is 9.97 Å². The van der Waals surface area contributed by atoms with Gasteiger partial charge < -0.3 is 5.73 Å². The van der Waals surface area contributed by atoms with Crippen LogP contribution in [0.4, 0.5) is 5.69 Å². The van der Waals surface area contributed by atoms with Crippen LogP contribution in [-0.4, -0.2) is 14.5 Å². The van der Waals surface area contributed by atoms with Crippen molar-refractivity contribution in [1.82, 2.24) is 14.5 Å². The third kappa shape index (κ3) is 1.61. The van der Waals surface area contributed by atoms with Crippen LogP contribution in [0.1, 0.15) is 18.3 Å². The van der Waals surface area contributed by atoms with Crippen molar-refractivity contribution in [3.8, 4) is 11.9 Å². The Balaban J connectivity index is 2.53. The molecule has 0 unspecified atom stereocenters. The van der Waals surface area contributed by atoms with Crippen LogP contribution in [0.15, 0.2) is 24.7 Å². The second-order valence-electron chi connectivity index (χ2n) is 3.32. The molecule has 2 rings (SSSR count). The molecule has 16 heavy (non-hydrogen) atoms. The van der Waals surface area contributed by atoms with Crippen LogP contribution in [0.3, 0.4) is 0 Å². The molecule has 0 aliphatic heterocycles. The molecule has 0 atom stereocenters. The zero-order valence-corrected chi connectivity index (χ0v) is 8.88.